The fraction of sp³-hybridized carbons (Fsp3) is 0.192. The lowest BCUT2D eigenvalue weighted by Gasteiger charge is -2.15. The van der Waals surface area contributed by atoms with Crippen molar-refractivity contribution in [2.75, 3.05) is 13.2 Å². The molecule has 0 saturated heterocycles. The van der Waals surface area contributed by atoms with Crippen LogP contribution in [0.15, 0.2) is 93.6 Å². The lowest BCUT2D eigenvalue weighted by atomic mass is 10.1. The van der Waals surface area contributed by atoms with Crippen molar-refractivity contribution >= 4 is 20.7 Å². The van der Waals surface area contributed by atoms with Crippen LogP contribution in [0.5, 0.6) is 11.5 Å². The molecule has 0 bridgehead atoms. The van der Waals surface area contributed by atoms with Gasteiger partial charge in [-0.1, -0.05) is 30.3 Å². The lowest BCUT2D eigenvalue weighted by Crippen LogP contribution is -2.19. The van der Waals surface area contributed by atoms with E-state index in [1.54, 1.807) is 34.9 Å². The second-order valence-electron chi connectivity index (χ2n) is 7.46. The Kier molecular flexibility index (Phi) is 6.51. The molecule has 0 spiro atoms. The first-order chi connectivity index (χ1) is 15.9. The van der Waals surface area contributed by atoms with Crippen molar-refractivity contribution < 1.29 is 17.9 Å². The molecule has 0 amide bonds. The number of aromatic nitrogens is 1. The quantitative estimate of drug-likeness (QED) is 0.379. The molecule has 0 unspecified atom stereocenters. The standard InChI is InChI=1S/C26H25NO5S/c1-3-31-20-10-13-22(14-11-20)33(29,30)25-18-27(17-19-8-6-5-7-9-19)24-15-12-21(32-4-2)16-23(24)26(25)28/h5-16,18H,3-4,17H2,1-2H3. The number of hydrogen-bond acceptors (Lipinski definition) is 5. The highest BCUT2D eigenvalue weighted by molar-refractivity contribution is 7.91. The van der Waals surface area contributed by atoms with E-state index in [4.69, 9.17) is 9.47 Å². The summed E-state index contributed by atoms with van der Waals surface area (Å²) in [6.45, 7) is 5.03. The number of pyridine rings is 1. The first-order valence-corrected chi connectivity index (χ1v) is 12.2. The van der Waals surface area contributed by atoms with E-state index in [1.165, 1.54) is 18.3 Å². The number of fused-ring (bicyclic) bond motifs is 1. The van der Waals surface area contributed by atoms with E-state index < -0.39 is 15.3 Å². The predicted molar refractivity (Wildman–Crippen MR) is 128 cm³/mol. The number of hydrogen-bond donors (Lipinski definition) is 0. The second kappa shape index (κ2) is 9.50. The average Bonchev–Trinajstić information content (AvgIpc) is 2.82. The Morgan fingerprint density at radius 3 is 2.12 bits per heavy atom. The van der Waals surface area contributed by atoms with Crippen LogP contribution in [0.25, 0.3) is 10.9 Å². The first kappa shape index (κ1) is 22.6. The molecule has 1 heterocycles. The summed E-state index contributed by atoms with van der Waals surface area (Å²) < 4.78 is 39.8. The molecule has 7 heteroatoms. The molecule has 0 radical (unpaired) electrons. The number of rotatable bonds is 8. The van der Waals surface area contributed by atoms with Crippen molar-refractivity contribution in [2.24, 2.45) is 0 Å². The minimum atomic E-state index is -4.06. The summed E-state index contributed by atoms with van der Waals surface area (Å²) in [6.07, 6.45) is 1.43. The van der Waals surface area contributed by atoms with E-state index in [9.17, 15) is 13.2 Å². The Hall–Kier alpha value is -3.58. The highest BCUT2D eigenvalue weighted by atomic mass is 32.2. The smallest absolute Gasteiger partial charge is 0.211 e. The third-order valence-corrected chi connectivity index (χ3v) is 7.02. The fourth-order valence-corrected chi connectivity index (χ4v) is 5.09. The molecule has 170 valence electrons. The number of sulfone groups is 1. The Labute approximate surface area is 192 Å². The molecule has 0 aliphatic rings. The maximum atomic E-state index is 13.5. The number of ether oxygens (including phenoxy) is 2. The minimum Gasteiger partial charge on any atom is -0.494 e. The van der Waals surface area contributed by atoms with E-state index in [1.807, 2.05) is 44.2 Å². The highest BCUT2D eigenvalue weighted by Crippen LogP contribution is 2.26. The molecule has 3 aromatic carbocycles. The molecule has 0 fully saturated rings. The molecule has 0 aliphatic heterocycles. The Balaban J connectivity index is 1.91. The van der Waals surface area contributed by atoms with Gasteiger partial charge in [0.15, 0.2) is 0 Å². The molecule has 6 nitrogen and oxygen atoms in total. The Bertz CT molecular complexity index is 1430. The maximum absolute atomic E-state index is 13.5. The van der Waals surface area contributed by atoms with Gasteiger partial charge in [-0.05, 0) is 61.9 Å². The van der Waals surface area contributed by atoms with Gasteiger partial charge in [-0.15, -0.1) is 0 Å². The van der Waals surface area contributed by atoms with E-state index in [-0.39, 0.29) is 9.79 Å². The molecule has 1 aromatic heterocycles. The van der Waals surface area contributed by atoms with Crippen molar-refractivity contribution in [3.05, 3.63) is 94.8 Å². The number of nitrogens with zero attached hydrogens (tertiary/aromatic N) is 1. The van der Waals surface area contributed by atoms with Gasteiger partial charge >= 0.3 is 0 Å². The molecule has 0 atom stereocenters. The molecule has 0 N–H and O–H groups in total. The van der Waals surface area contributed by atoms with Crippen LogP contribution < -0.4 is 14.9 Å². The topological polar surface area (TPSA) is 74.6 Å². The van der Waals surface area contributed by atoms with Gasteiger partial charge in [-0.2, -0.15) is 0 Å². The summed E-state index contributed by atoms with van der Waals surface area (Å²) >= 11 is 0. The average molecular weight is 464 g/mol. The largest absolute Gasteiger partial charge is 0.494 e. The van der Waals surface area contributed by atoms with Crippen LogP contribution in [-0.4, -0.2) is 26.2 Å². The third kappa shape index (κ3) is 4.64. The predicted octanol–water partition coefficient (Wildman–Crippen LogP) is 4.68. The van der Waals surface area contributed by atoms with Crippen LogP contribution in [0, 0.1) is 0 Å². The van der Waals surface area contributed by atoms with Crippen molar-refractivity contribution in [1.29, 1.82) is 0 Å². The van der Waals surface area contributed by atoms with E-state index >= 15 is 0 Å². The van der Waals surface area contributed by atoms with E-state index in [0.717, 1.165) is 5.56 Å². The molecule has 4 rings (SSSR count). The lowest BCUT2D eigenvalue weighted by molar-refractivity contribution is 0.340. The van der Waals surface area contributed by atoms with Gasteiger partial charge in [0.1, 0.15) is 16.4 Å². The highest BCUT2D eigenvalue weighted by Gasteiger charge is 2.24. The zero-order valence-corrected chi connectivity index (χ0v) is 19.3. The zero-order chi connectivity index (χ0) is 23.4. The van der Waals surface area contributed by atoms with Crippen LogP contribution in [0.2, 0.25) is 0 Å². The van der Waals surface area contributed by atoms with E-state index in [0.29, 0.717) is 42.2 Å². The summed E-state index contributed by atoms with van der Waals surface area (Å²) in [5.41, 5.74) is 1.07. The summed E-state index contributed by atoms with van der Waals surface area (Å²) in [6, 6.07) is 21.0. The van der Waals surface area contributed by atoms with Crippen molar-refractivity contribution in [1.82, 2.24) is 4.57 Å². The van der Waals surface area contributed by atoms with Gasteiger partial charge in [-0.25, -0.2) is 8.42 Å². The van der Waals surface area contributed by atoms with Crippen LogP contribution in [-0.2, 0) is 16.4 Å². The molecule has 4 aromatic rings. The van der Waals surface area contributed by atoms with Gasteiger partial charge in [0.2, 0.25) is 15.3 Å². The fourth-order valence-electron chi connectivity index (χ4n) is 3.72. The normalized spacial score (nSPS) is 11.5. The van der Waals surface area contributed by atoms with Crippen LogP contribution in [0.3, 0.4) is 0 Å². The van der Waals surface area contributed by atoms with Crippen LogP contribution in [0.1, 0.15) is 19.4 Å². The third-order valence-electron chi connectivity index (χ3n) is 5.26. The molecule has 0 saturated carbocycles. The minimum absolute atomic E-state index is 0.0367. The maximum Gasteiger partial charge on any atom is 0.211 e. The van der Waals surface area contributed by atoms with Gasteiger partial charge < -0.3 is 14.0 Å². The van der Waals surface area contributed by atoms with Crippen molar-refractivity contribution in [2.45, 2.75) is 30.2 Å². The molecular formula is C26H25NO5S. The first-order valence-electron chi connectivity index (χ1n) is 10.8. The van der Waals surface area contributed by atoms with Crippen molar-refractivity contribution in [3.63, 3.8) is 0 Å². The van der Waals surface area contributed by atoms with Gasteiger partial charge in [0.05, 0.1) is 29.0 Å². The molecular weight excluding hydrogens is 438 g/mol. The molecule has 33 heavy (non-hydrogen) atoms. The van der Waals surface area contributed by atoms with Gasteiger partial charge in [0.25, 0.3) is 0 Å². The van der Waals surface area contributed by atoms with Crippen LogP contribution >= 0.6 is 0 Å². The number of benzene rings is 3. The zero-order valence-electron chi connectivity index (χ0n) is 18.5. The summed E-state index contributed by atoms with van der Waals surface area (Å²) in [5, 5.41) is 0.295. The summed E-state index contributed by atoms with van der Waals surface area (Å²) in [4.78, 5) is 13.2. The summed E-state index contributed by atoms with van der Waals surface area (Å²) in [5.74, 6) is 1.08. The van der Waals surface area contributed by atoms with E-state index in [2.05, 4.69) is 0 Å². The Morgan fingerprint density at radius 1 is 0.818 bits per heavy atom. The van der Waals surface area contributed by atoms with Gasteiger partial charge in [-0.3, -0.25) is 4.79 Å². The SMILES string of the molecule is CCOc1ccc(S(=O)(=O)c2cn(Cc3ccccc3)c3ccc(OCC)cc3c2=O)cc1. The Morgan fingerprint density at radius 2 is 1.45 bits per heavy atom. The monoisotopic (exact) mass is 463 g/mol. The van der Waals surface area contributed by atoms with Crippen LogP contribution in [0.4, 0.5) is 0 Å². The second-order valence-corrected chi connectivity index (χ2v) is 9.37. The van der Waals surface area contributed by atoms with Gasteiger partial charge in [0, 0.05) is 12.7 Å². The molecule has 0 aliphatic carbocycles. The van der Waals surface area contributed by atoms with Crippen molar-refractivity contribution in [3.8, 4) is 11.5 Å². The summed E-state index contributed by atoms with van der Waals surface area (Å²) in [7, 11) is -4.06.